The van der Waals surface area contributed by atoms with Gasteiger partial charge in [-0.2, -0.15) is 0 Å². The average Bonchev–Trinajstić information content (AvgIpc) is 2.65. The van der Waals surface area contributed by atoms with Gasteiger partial charge in [-0.05, 0) is 24.6 Å². The number of hydrogen-bond donors (Lipinski definition) is 1. The third-order valence-corrected chi connectivity index (χ3v) is 2.83. The normalized spacial score (nSPS) is 10.3. The van der Waals surface area contributed by atoms with Gasteiger partial charge in [0, 0.05) is 5.69 Å². The summed E-state index contributed by atoms with van der Waals surface area (Å²) in [6.45, 7) is 2.02. The Morgan fingerprint density at radius 2 is 2.27 bits per heavy atom. The molecule has 2 rings (SSSR count). The van der Waals surface area contributed by atoms with Crippen molar-refractivity contribution in [2.75, 3.05) is 5.32 Å². The van der Waals surface area contributed by atoms with Crippen LogP contribution in [0.25, 0.3) is 0 Å². The second-order valence-electron chi connectivity index (χ2n) is 2.99. The van der Waals surface area contributed by atoms with Gasteiger partial charge < -0.3 is 5.32 Å². The fourth-order valence-electron chi connectivity index (χ4n) is 1.14. The number of aryl methyl sites for hydroxylation is 1. The van der Waals surface area contributed by atoms with Gasteiger partial charge in [-0.1, -0.05) is 24.3 Å². The maximum absolute atomic E-state index is 12.9. The first kappa shape index (κ1) is 10.0. The lowest BCUT2D eigenvalue weighted by atomic mass is 10.3. The largest absolute Gasteiger partial charge is 0.330 e. The van der Waals surface area contributed by atoms with Gasteiger partial charge >= 0.3 is 0 Å². The molecule has 5 heteroatoms. The van der Waals surface area contributed by atoms with Crippen LogP contribution >= 0.6 is 11.3 Å². The SMILES string of the molecule is CCc1nnc(Nc2cccc(F)c2)s1. The first-order chi connectivity index (χ1) is 7.28. The van der Waals surface area contributed by atoms with Crippen molar-refractivity contribution in [3.05, 3.63) is 35.1 Å². The standard InChI is InChI=1S/C10H10FN3S/c1-2-9-13-14-10(15-9)12-8-5-3-4-7(11)6-8/h3-6H,2H2,1H3,(H,12,14). The fourth-order valence-corrected chi connectivity index (χ4v) is 1.84. The van der Waals surface area contributed by atoms with Gasteiger partial charge in [0.2, 0.25) is 5.13 Å². The number of rotatable bonds is 3. The zero-order valence-electron chi connectivity index (χ0n) is 8.20. The molecule has 0 saturated carbocycles. The van der Waals surface area contributed by atoms with E-state index < -0.39 is 0 Å². The van der Waals surface area contributed by atoms with E-state index in [1.807, 2.05) is 6.92 Å². The molecule has 0 aliphatic carbocycles. The Morgan fingerprint density at radius 1 is 1.40 bits per heavy atom. The molecule has 1 aromatic carbocycles. The van der Waals surface area contributed by atoms with Gasteiger partial charge in [-0.25, -0.2) is 4.39 Å². The van der Waals surface area contributed by atoms with Crippen molar-refractivity contribution in [3.63, 3.8) is 0 Å². The molecule has 0 spiro atoms. The molecular formula is C10H10FN3S. The number of aromatic nitrogens is 2. The van der Waals surface area contributed by atoms with E-state index in [1.165, 1.54) is 23.5 Å². The first-order valence-electron chi connectivity index (χ1n) is 4.63. The topological polar surface area (TPSA) is 37.8 Å². The molecule has 3 nitrogen and oxygen atoms in total. The van der Waals surface area contributed by atoms with Gasteiger partial charge in [-0.15, -0.1) is 10.2 Å². The predicted octanol–water partition coefficient (Wildman–Crippen LogP) is 2.98. The number of anilines is 2. The summed E-state index contributed by atoms with van der Waals surface area (Å²) in [5.41, 5.74) is 0.689. The summed E-state index contributed by atoms with van der Waals surface area (Å²) in [5, 5.41) is 12.6. The van der Waals surface area contributed by atoms with Crippen molar-refractivity contribution >= 4 is 22.2 Å². The predicted molar refractivity (Wildman–Crippen MR) is 59.0 cm³/mol. The van der Waals surface area contributed by atoms with Crippen molar-refractivity contribution in [2.45, 2.75) is 13.3 Å². The van der Waals surface area contributed by atoms with Crippen LogP contribution in [0.2, 0.25) is 0 Å². The van der Waals surface area contributed by atoms with E-state index in [9.17, 15) is 4.39 Å². The zero-order chi connectivity index (χ0) is 10.7. The molecule has 1 N–H and O–H groups in total. The highest BCUT2D eigenvalue weighted by Gasteiger charge is 2.02. The molecule has 0 amide bonds. The van der Waals surface area contributed by atoms with Crippen LogP contribution in [0.15, 0.2) is 24.3 Å². The number of hydrogen-bond acceptors (Lipinski definition) is 4. The molecule has 0 bridgehead atoms. The smallest absolute Gasteiger partial charge is 0.210 e. The molecule has 0 fully saturated rings. The van der Waals surface area contributed by atoms with E-state index in [2.05, 4.69) is 15.5 Å². The molecule has 1 heterocycles. The summed E-state index contributed by atoms with van der Waals surface area (Å²) in [7, 11) is 0. The van der Waals surface area contributed by atoms with E-state index >= 15 is 0 Å². The minimum atomic E-state index is -0.264. The number of nitrogens with zero attached hydrogens (tertiary/aromatic N) is 2. The molecule has 0 radical (unpaired) electrons. The maximum atomic E-state index is 12.9. The van der Waals surface area contributed by atoms with E-state index in [4.69, 9.17) is 0 Å². The van der Waals surface area contributed by atoms with Crippen LogP contribution in [0.3, 0.4) is 0 Å². The molecule has 0 saturated heterocycles. The quantitative estimate of drug-likeness (QED) is 0.869. The van der Waals surface area contributed by atoms with E-state index in [0.717, 1.165) is 11.4 Å². The summed E-state index contributed by atoms with van der Waals surface area (Å²) in [6, 6.07) is 6.27. The minimum Gasteiger partial charge on any atom is -0.330 e. The monoisotopic (exact) mass is 223 g/mol. The Balaban J connectivity index is 2.14. The highest BCUT2D eigenvalue weighted by Crippen LogP contribution is 2.21. The van der Waals surface area contributed by atoms with E-state index in [0.29, 0.717) is 10.8 Å². The Morgan fingerprint density at radius 3 is 2.93 bits per heavy atom. The molecule has 78 valence electrons. The molecule has 0 aliphatic rings. The molecule has 0 aliphatic heterocycles. The zero-order valence-corrected chi connectivity index (χ0v) is 9.01. The maximum Gasteiger partial charge on any atom is 0.210 e. The van der Waals surface area contributed by atoms with E-state index in [1.54, 1.807) is 12.1 Å². The molecule has 0 unspecified atom stereocenters. The van der Waals surface area contributed by atoms with Crippen LogP contribution in [-0.2, 0) is 6.42 Å². The Kier molecular flexibility index (Phi) is 2.91. The summed E-state index contributed by atoms with van der Waals surface area (Å²) < 4.78 is 12.9. The van der Waals surface area contributed by atoms with Crippen LogP contribution in [0, 0.1) is 5.82 Å². The summed E-state index contributed by atoms with van der Waals surface area (Å²) in [6.07, 6.45) is 0.864. The van der Waals surface area contributed by atoms with Crippen molar-refractivity contribution in [3.8, 4) is 0 Å². The van der Waals surface area contributed by atoms with Gasteiger partial charge in [0.1, 0.15) is 10.8 Å². The summed E-state index contributed by atoms with van der Waals surface area (Å²) in [4.78, 5) is 0. The molecule has 0 atom stereocenters. The van der Waals surface area contributed by atoms with Crippen molar-refractivity contribution in [1.29, 1.82) is 0 Å². The minimum absolute atomic E-state index is 0.264. The van der Waals surface area contributed by atoms with Crippen molar-refractivity contribution < 1.29 is 4.39 Å². The fraction of sp³-hybridized carbons (Fsp3) is 0.200. The lowest BCUT2D eigenvalue weighted by Crippen LogP contribution is -1.89. The highest BCUT2D eigenvalue weighted by atomic mass is 32.1. The van der Waals surface area contributed by atoms with Crippen LogP contribution in [0.4, 0.5) is 15.2 Å². The highest BCUT2D eigenvalue weighted by molar-refractivity contribution is 7.15. The second kappa shape index (κ2) is 4.35. The Labute approximate surface area is 91.0 Å². The van der Waals surface area contributed by atoms with E-state index in [-0.39, 0.29) is 5.82 Å². The third kappa shape index (κ3) is 2.50. The van der Waals surface area contributed by atoms with Gasteiger partial charge in [0.25, 0.3) is 0 Å². The lowest BCUT2D eigenvalue weighted by Gasteiger charge is -2.00. The van der Waals surface area contributed by atoms with Gasteiger partial charge in [-0.3, -0.25) is 0 Å². The van der Waals surface area contributed by atoms with Gasteiger partial charge in [0.05, 0.1) is 0 Å². The second-order valence-corrected chi connectivity index (χ2v) is 4.05. The molecule has 15 heavy (non-hydrogen) atoms. The van der Waals surface area contributed by atoms with Crippen LogP contribution < -0.4 is 5.32 Å². The molecule has 2 aromatic rings. The van der Waals surface area contributed by atoms with Crippen molar-refractivity contribution in [1.82, 2.24) is 10.2 Å². The third-order valence-electron chi connectivity index (χ3n) is 1.85. The summed E-state index contributed by atoms with van der Waals surface area (Å²) in [5.74, 6) is -0.264. The van der Waals surface area contributed by atoms with Crippen LogP contribution in [0.1, 0.15) is 11.9 Å². The number of nitrogens with one attached hydrogen (secondary N) is 1. The molecular weight excluding hydrogens is 213 g/mol. The first-order valence-corrected chi connectivity index (χ1v) is 5.44. The van der Waals surface area contributed by atoms with Crippen molar-refractivity contribution in [2.24, 2.45) is 0 Å². The Hall–Kier alpha value is -1.49. The Bertz CT molecular complexity index is 455. The molecule has 1 aromatic heterocycles. The van der Waals surface area contributed by atoms with Gasteiger partial charge in [0.15, 0.2) is 0 Å². The number of benzene rings is 1. The number of halogens is 1. The van der Waals surface area contributed by atoms with Crippen LogP contribution in [-0.4, -0.2) is 10.2 Å². The lowest BCUT2D eigenvalue weighted by molar-refractivity contribution is 0.628. The van der Waals surface area contributed by atoms with Crippen LogP contribution in [0.5, 0.6) is 0 Å². The summed E-state index contributed by atoms with van der Waals surface area (Å²) >= 11 is 1.48. The average molecular weight is 223 g/mol.